The molecule has 1 aromatic rings. The number of nitrogens with zero attached hydrogens (tertiary/aromatic N) is 1. The maximum absolute atomic E-state index is 3.60. The van der Waals surface area contributed by atoms with Crippen LogP contribution in [0.1, 0.15) is 45.2 Å². The van der Waals surface area contributed by atoms with Gasteiger partial charge in [0.15, 0.2) is 0 Å². The van der Waals surface area contributed by atoms with Crippen LogP contribution in [0.15, 0.2) is 30.3 Å². The monoisotopic (exact) mass is 286 g/mol. The maximum atomic E-state index is 3.60. The van der Waals surface area contributed by atoms with Crippen LogP contribution in [0.25, 0.3) is 0 Å². The Morgan fingerprint density at radius 1 is 1.19 bits per heavy atom. The van der Waals surface area contributed by atoms with Crippen molar-refractivity contribution >= 4 is 0 Å². The van der Waals surface area contributed by atoms with E-state index in [4.69, 9.17) is 0 Å². The maximum Gasteiger partial charge on any atom is 0.0353 e. The molecule has 0 aromatic heterocycles. The first kappa shape index (κ1) is 15.1. The zero-order chi connectivity index (χ0) is 14.8. The van der Waals surface area contributed by atoms with E-state index in [2.05, 4.69) is 61.3 Å². The summed E-state index contributed by atoms with van der Waals surface area (Å²) in [6, 6.07) is 12.5. The van der Waals surface area contributed by atoms with Gasteiger partial charge in [-0.2, -0.15) is 0 Å². The van der Waals surface area contributed by atoms with E-state index >= 15 is 0 Å². The predicted molar refractivity (Wildman–Crippen MR) is 89.3 cm³/mol. The fraction of sp³-hybridized carbons (Fsp3) is 0.684. The van der Waals surface area contributed by atoms with Gasteiger partial charge >= 0.3 is 0 Å². The van der Waals surface area contributed by atoms with Crippen molar-refractivity contribution in [3.8, 4) is 0 Å². The number of hydrogen-bond donors (Lipinski definition) is 1. The number of fused-ring (bicyclic) bond motifs is 1. The van der Waals surface area contributed by atoms with Crippen LogP contribution in [0, 0.1) is 17.8 Å². The fourth-order valence-electron chi connectivity index (χ4n) is 4.54. The molecule has 1 aromatic carbocycles. The highest BCUT2D eigenvalue weighted by molar-refractivity contribution is 5.20. The van der Waals surface area contributed by atoms with Gasteiger partial charge in [-0.3, -0.25) is 4.90 Å². The first-order chi connectivity index (χ1) is 10.2. The van der Waals surface area contributed by atoms with E-state index in [1.807, 2.05) is 0 Å². The minimum atomic E-state index is 0.599. The number of hydrogen-bond acceptors (Lipinski definition) is 2. The molecule has 0 saturated carbocycles. The van der Waals surface area contributed by atoms with Crippen LogP contribution in [0.3, 0.4) is 0 Å². The molecule has 0 spiro atoms. The topological polar surface area (TPSA) is 15.3 Å². The van der Waals surface area contributed by atoms with Gasteiger partial charge in [-0.05, 0) is 49.2 Å². The molecule has 0 aliphatic carbocycles. The molecular weight excluding hydrogens is 256 g/mol. The van der Waals surface area contributed by atoms with Crippen LogP contribution in [-0.4, -0.2) is 30.6 Å². The molecule has 2 fully saturated rings. The van der Waals surface area contributed by atoms with Crippen LogP contribution >= 0.6 is 0 Å². The Kier molecular flexibility index (Phi) is 4.66. The van der Waals surface area contributed by atoms with Crippen molar-refractivity contribution in [1.29, 1.82) is 0 Å². The number of likely N-dealkylation sites (tertiary alicyclic amines) is 1. The molecule has 0 bridgehead atoms. The Labute approximate surface area is 129 Å². The average molecular weight is 286 g/mol. The SMILES string of the molecule is CCC1C2CNCC2CN1C(CC(C)C)c1ccccc1. The summed E-state index contributed by atoms with van der Waals surface area (Å²) in [5.41, 5.74) is 1.51. The van der Waals surface area contributed by atoms with E-state index < -0.39 is 0 Å². The van der Waals surface area contributed by atoms with Gasteiger partial charge < -0.3 is 5.32 Å². The molecule has 3 rings (SSSR count). The molecule has 2 aliphatic heterocycles. The van der Waals surface area contributed by atoms with Gasteiger partial charge in [0, 0.05) is 18.6 Å². The Bertz CT molecular complexity index is 442. The molecule has 2 heteroatoms. The van der Waals surface area contributed by atoms with Crippen molar-refractivity contribution in [2.45, 2.75) is 45.7 Å². The van der Waals surface area contributed by atoms with Gasteiger partial charge in [-0.25, -0.2) is 0 Å². The largest absolute Gasteiger partial charge is 0.316 e. The lowest BCUT2D eigenvalue weighted by atomic mass is 9.91. The first-order valence-corrected chi connectivity index (χ1v) is 8.72. The number of rotatable bonds is 5. The van der Waals surface area contributed by atoms with Crippen molar-refractivity contribution in [3.63, 3.8) is 0 Å². The molecule has 21 heavy (non-hydrogen) atoms. The van der Waals surface area contributed by atoms with Crippen molar-refractivity contribution in [3.05, 3.63) is 35.9 Å². The van der Waals surface area contributed by atoms with Crippen molar-refractivity contribution in [2.75, 3.05) is 19.6 Å². The van der Waals surface area contributed by atoms with Gasteiger partial charge in [-0.1, -0.05) is 51.1 Å². The molecule has 0 amide bonds. The Hall–Kier alpha value is -0.860. The zero-order valence-electron chi connectivity index (χ0n) is 13.8. The van der Waals surface area contributed by atoms with Gasteiger partial charge in [0.05, 0.1) is 0 Å². The third-order valence-corrected chi connectivity index (χ3v) is 5.46. The Morgan fingerprint density at radius 3 is 2.62 bits per heavy atom. The summed E-state index contributed by atoms with van der Waals surface area (Å²) in [6.45, 7) is 10.8. The van der Waals surface area contributed by atoms with Gasteiger partial charge in [-0.15, -0.1) is 0 Å². The third kappa shape index (κ3) is 3.02. The lowest BCUT2D eigenvalue weighted by Gasteiger charge is -2.36. The lowest BCUT2D eigenvalue weighted by Crippen LogP contribution is -2.38. The second-order valence-corrected chi connectivity index (χ2v) is 7.31. The molecule has 4 atom stereocenters. The van der Waals surface area contributed by atoms with E-state index in [0.717, 1.165) is 23.8 Å². The lowest BCUT2D eigenvalue weighted by molar-refractivity contribution is 0.136. The van der Waals surface area contributed by atoms with Crippen LogP contribution < -0.4 is 5.32 Å². The third-order valence-electron chi connectivity index (χ3n) is 5.46. The minimum Gasteiger partial charge on any atom is -0.316 e. The Morgan fingerprint density at radius 2 is 1.95 bits per heavy atom. The summed E-state index contributed by atoms with van der Waals surface area (Å²) in [6.07, 6.45) is 2.55. The molecule has 116 valence electrons. The highest BCUT2D eigenvalue weighted by Crippen LogP contribution is 2.41. The van der Waals surface area contributed by atoms with Gasteiger partial charge in [0.25, 0.3) is 0 Å². The van der Waals surface area contributed by atoms with Crippen molar-refractivity contribution in [1.82, 2.24) is 10.2 Å². The molecule has 0 radical (unpaired) electrons. The summed E-state index contributed by atoms with van der Waals surface area (Å²) in [4.78, 5) is 2.84. The molecule has 2 aliphatic rings. The summed E-state index contributed by atoms with van der Waals surface area (Å²) in [5, 5.41) is 3.60. The van der Waals surface area contributed by atoms with Gasteiger partial charge in [0.1, 0.15) is 0 Å². The normalized spacial score (nSPS) is 30.8. The number of nitrogens with one attached hydrogen (secondary N) is 1. The summed E-state index contributed by atoms with van der Waals surface area (Å²) < 4.78 is 0. The van der Waals surface area contributed by atoms with Crippen molar-refractivity contribution in [2.24, 2.45) is 17.8 Å². The van der Waals surface area contributed by atoms with E-state index in [1.54, 1.807) is 0 Å². The smallest absolute Gasteiger partial charge is 0.0353 e. The van der Waals surface area contributed by atoms with Crippen LogP contribution in [0.5, 0.6) is 0 Å². The van der Waals surface area contributed by atoms with E-state index in [1.165, 1.54) is 38.0 Å². The molecule has 2 heterocycles. The fourth-order valence-corrected chi connectivity index (χ4v) is 4.54. The second-order valence-electron chi connectivity index (χ2n) is 7.31. The van der Waals surface area contributed by atoms with E-state index in [0.29, 0.717) is 6.04 Å². The second kappa shape index (κ2) is 6.50. The predicted octanol–water partition coefficient (Wildman–Crippen LogP) is 3.70. The van der Waals surface area contributed by atoms with Gasteiger partial charge in [0.2, 0.25) is 0 Å². The quantitative estimate of drug-likeness (QED) is 0.888. The number of benzene rings is 1. The van der Waals surface area contributed by atoms with Crippen LogP contribution in [0.2, 0.25) is 0 Å². The Balaban J connectivity index is 1.86. The molecule has 4 unspecified atom stereocenters. The highest BCUT2D eigenvalue weighted by Gasteiger charge is 2.45. The van der Waals surface area contributed by atoms with E-state index in [9.17, 15) is 0 Å². The molecule has 2 saturated heterocycles. The zero-order valence-corrected chi connectivity index (χ0v) is 13.8. The van der Waals surface area contributed by atoms with Crippen LogP contribution in [0.4, 0.5) is 0 Å². The average Bonchev–Trinajstić information content (AvgIpc) is 3.05. The summed E-state index contributed by atoms with van der Waals surface area (Å²) >= 11 is 0. The highest BCUT2D eigenvalue weighted by atomic mass is 15.2. The summed E-state index contributed by atoms with van der Waals surface area (Å²) in [7, 11) is 0. The van der Waals surface area contributed by atoms with Crippen LogP contribution in [-0.2, 0) is 0 Å². The minimum absolute atomic E-state index is 0.599. The standard InChI is InChI=1S/C19H30N2/c1-4-18-17-12-20-11-16(17)13-21(18)19(10-14(2)3)15-8-6-5-7-9-15/h5-9,14,16-20H,4,10-13H2,1-3H3. The molecule has 2 nitrogen and oxygen atoms in total. The molecular formula is C19H30N2. The first-order valence-electron chi connectivity index (χ1n) is 8.72. The van der Waals surface area contributed by atoms with Crippen molar-refractivity contribution < 1.29 is 0 Å². The molecule has 1 N–H and O–H groups in total. The summed E-state index contributed by atoms with van der Waals surface area (Å²) in [5.74, 6) is 2.48. The van der Waals surface area contributed by atoms with E-state index in [-0.39, 0.29) is 0 Å².